The van der Waals surface area contributed by atoms with Crippen LogP contribution in [-0.4, -0.2) is 15.7 Å². The standard InChI is InChI=1S/C14H19ClN2/c1-10(2)11(9-15)8-13-12-6-4-5-7-14(12)17(3)16-13/h4-7,10-11H,8-9H2,1-3H3. The maximum Gasteiger partial charge on any atom is 0.0706 e. The van der Waals surface area contributed by atoms with Gasteiger partial charge in [-0.2, -0.15) is 5.10 Å². The first-order chi connectivity index (χ1) is 8.13. The maximum atomic E-state index is 6.04. The highest BCUT2D eigenvalue weighted by Crippen LogP contribution is 2.24. The summed E-state index contributed by atoms with van der Waals surface area (Å²) in [5, 5.41) is 5.87. The topological polar surface area (TPSA) is 17.8 Å². The van der Waals surface area contributed by atoms with E-state index in [1.807, 2.05) is 11.7 Å². The van der Waals surface area contributed by atoms with E-state index in [-0.39, 0.29) is 0 Å². The molecule has 1 aromatic heterocycles. The quantitative estimate of drug-likeness (QED) is 0.758. The summed E-state index contributed by atoms with van der Waals surface area (Å²) in [5.74, 6) is 1.78. The Kier molecular flexibility index (Phi) is 3.72. The number of halogens is 1. The molecule has 0 fully saturated rings. The van der Waals surface area contributed by atoms with Gasteiger partial charge in [-0.05, 0) is 24.3 Å². The van der Waals surface area contributed by atoms with Crippen molar-refractivity contribution in [1.82, 2.24) is 9.78 Å². The van der Waals surface area contributed by atoms with Crippen LogP contribution in [0.3, 0.4) is 0 Å². The fraction of sp³-hybridized carbons (Fsp3) is 0.500. The van der Waals surface area contributed by atoms with Gasteiger partial charge in [0.1, 0.15) is 0 Å². The summed E-state index contributed by atoms with van der Waals surface area (Å²) in [5.41, 5.74) is 2.36. The number of para-hydroxylation sites is 1. The Morgan fingerprint density at radius 1 is 1.29 bits per heavy atom. The molecule has 2 nitrogen and oxygen atoms in total. The fourth-order valence-corrected chi connectivity index (χ4v) is 2.62. The highest BCUT2D eigenvalue weighted by atomic mass is 35.5. The van der Waals surface area contributed by atoms with Gasteiger partial charge in [-0.25, -0.2) is 0 Å². The van der Waals surface area contributed by atoms with Crippen LogP contribution in [-0.2, 0) is 13.5 Å². The highest BCUT2D eigenvalue weighted by molar-refractivity contribution is 6.18. The van der Waals surface area contributed by atoms with Crippen molar-refractivity contribution in [2.75, 3.05) is 5.88 Å². The van der Waals surface area contributed by atoms with Crippen molar-refractivity contribution in [2.24, 2.45) is 18.9 Å². The molecule has 3 heteroatoms. The van der Waals surface area contributed by atoms with Crippen LogP contribution in [0.2, 0.25) is 0 Å². The van der Waals surface area contributed by atoms with E-state index in [2.05, 4.69) is 43.2 Å². The van der Waals surface area contributed by atoms with E-state index in [9.17, 15) is 0 Å². The van der Waals surface area contributed by atoms with Gasteiger partial charge in [-0.15, -0.1) is 11.6 Å². The summed E-state index contributed by atoms with van der Waals surface area (Å²) in [6, 6.07) is 8.37. The number of fused-ring (bicyclic) bond motifs is 1. The van der Waals surface area contributed by atoms with E-state index >= 15 is 0 Å². The molecule has 1 heterocycles. The summed E-state index contributed by atoms with van der Waals surface area (Å²) in [6.45, 7) is 4.44. The SMILES string of the molecule is CC(C)C(CCl)Cc1nn(C)c2ccccc12. The van der Waals surface area contributed by atoms with Crippen molar-refractivity contribution < 1.29 is 0 Å². The van der Waals surface area contributed by atoms with Crippen molar-refractivity contribution in [3.8, 4) is 0 Å². The van der Waals surface area contributed by atoms with Gasteiger partial charge >= 0.3 is 0 Å². The molecule has 1 atom stereocenters. The predicted octanol–water partition coefficient (Wildman–Crippen LogP) is 3.63. The highest BCUT2D eigenvalue weighted by Gasteiger charge is 2.17. The van der Waals surface area contributed by atoms with Gasteiger partial charge in [0.15, 0.2) is 0 Å². The molecule has 0 spiro atoms. The van der Waals surface area contributed by atoms with Crippen LogP contribution in [0.4, 0.5) is 0 Å². The van der Waals surface area contributed by atoms with Crippen molar-refractivity contribution in [3.05, 3.63) is 30.0 Å². The Hall–Kier alpha value is -1.02. The largest absolute Gasteiger partial charge is 0.268 e. The third-order valence-corrected chi connectivity index (χ3v) is 3.83. The van der Waals surface area contributed by atoms with Gasteiger partial charge in [-0.1, -0.05) is 32.0 Å². The smallest absolute Gasteiger partial charge is 0.0706 e. The number of aromatic nitrogens is 2. The molecule has 0 N–H and O–H groups in total. The van der Waals surface area contributed by atoms with Crippen molar-refractivity contribution in [2.45, 2.75) is 20.3 Å². The maximum absolute atomic E-state index is 6.04. The summed E-state index contributed by atoms with van der Waals surface area (Å²) in [4.78, 5) is 0. The molecule has 0 bridgehead atoms. The molecular weight excluding hydrogens is 232 g/mol. The average molecular weight is 251 g/mol. The zero-order chi connectivity index (χ0) is 12.4. The zero-order valence-electron chi connectivity index (χ0n) is 10.7. The van der Waals surface area contributed by atoms with Gasteiger partial charge in [0.25, 0.3) is 0 Å². The predicted molar refractivity (Wildman–Crippen MR) is 73.5 cm³/mol. The monoisotopic (exact) mass is 250 g/mol. The lowest BCUT2D eigenvalue weighted by Crippen LogP contribution is -2.14. The normalized spacial score (nSPS) is 13.5. The van der Waals surface area contributed by atoms with E-state index in [0.29, 0.717) is 17.7 Å². The average Bonchev–Trinajstić information content (AvgIpc) is 2.63. The van der Waals surface area contributed by atoms with Gasteiger partial charge in [-0.3, -0.25) is 4.68 Å². The number of hydrogen-bond donors (Lipinski definition) is 0. The van der Waals surface area contributed by atoms with Crippen molar-refractivity contribution in [1.29, 1.82) is 0 Å². The lowest BCUT2D eigenvalue weighted by molar-refractivity contribution is 0.418. The van der Waals surface area contributed by atoms with Crippen LogP contribution in [0.25, 0.3) is 10.9 Å². The summed E-state index contributed by atoms with van der Waals surface area (Å²) in [6.07, 6.45) is 0.961. The number of aryl methyl sites for hydroxylation is 1. The molecule has 0 aliphatic carbocycles. The molecule has 0 saturated carbocycles. The molecule has 92 valence electrons. The molecule has 0 aliphatic rings. The van der Waals surface area contributed by atoms with E-state index in [1.54, 1.807) is 0 Å². The van der Waals surface area contributed by atoms with Crippen LogP contribution in [0, 0.1) is 11.8 Å². The Labute approximate surface area is 108 Å². The van der Waals surface area contributed by atoms with Crippen LogP contribution >= 0.6 is 11.6 Å². The Balaban J connectivity index is 2.36. The van der Waals surface area contributed by atoms with Crippen LogP contribution in [0.5, 0.6) is 0 Å². The van der Waals surface area contributed by atoms with Gasteiger partial charge in [0.2, 0.25) is 0 Å². The first-order valence-corrected chi connectivity index (χ1v) is 6.63. The van der Waals surface area contributed by atoms with E-state index in [0.717, 1.165) is 6.42 Å². The van der Waals surface area contributed by atoms with Crippen molar-refractivity contribution >= 4 is 22.5 Å². The third-order valence-electron chi connectivity index (χ3n) is 3.43. The van der Waals surface area contributed by atoms with Crippen LogP contribution < -0.4 is 0 Å². The number of alkyl halides is 1. The third kappa shape index (κ3) is 2.47. The zero-order valence-corrected chi connectivity index (χ0v) is 11.4. The summed E-state index contributed by atoms with van der Waals surface area (Å²) >= 11 is 6.04. The molecule has 0 amide bonds. The number of benzene rings is 1. The number of hydrogen-bond acceptors (Lipinski definition) is 1. The minimum absolute atomic E-state index is 0.495. The molecule has 17 heavy (non-hydrogen) atoms. The van der Waals surface area contributed by atoms with Gasteiger partial charge < -0.3 is 0 Å². The van der Waals surface area contributed by atoms with Gasteiger partial charge in [0.05, 0.1) is 11.2 Å². The first kappa shape index (κ1) is 12.4. The molecule has 0 radical (unpaired) electrons. The number of rotatable bonds is 4. The van der Waals surface area contributed by atoms with Gasteiger partial charge in [0, 0.05) is 18.3 Å². The van der Waals surface area contributed by atoms with Crippen LogP contribution in [0.15, 0.2) is 24.3 Å². The minimum Gasteiger partial charge on any atom is -0.268 e. The first-order valence-electron chi connectivity index (χ1n) is 6.10. The Bertz CT molecular complexity index is 502. The fourth-order valence-electron chi connectivity index (χ4n) is 2.16. The lowest BCUT2D eigenvalue weighted by atomic mass is 9.92. The van der Waals surface area contributed by atoms with E-state index < -0.39 is 0 Å². The molecular formula is C14H19ClN2. The van der Waals surface area contributed by atoms with Crippen LogP contribution in [0.1, 0.15) is 19.5 Å². The second kappa shape index (κ2) is 5.09. The minimum atomic E-state index is 0.495. The van der Waals surface area contributed by atoms with E-state index in [4.69, 9.17) is 11.6 Å². The van der Waals surface area contributed by atoms with Crippen molar-refractivity contribution in [3.63, 3.8) is 0 Å². The Morgan fingerprint density at radius 3 is 2.65 bits per heavy atom. The second-order valence-corrected chi connectivity index (χ2v) is 5.26. The second-order valence-electron chi connectivity index (χ2n) is 4.95. The molecule has 1 aromatic carbocycles. The Morgan fingerprint density at radius 2 is 2.00 bits per heavy atom. The molecule has 1 unspecified atom stereocenters. The van der Waals surface area contributed by atoms with E-state index in [1.165, 1.54) is 16.6 Å². The molecule has 2 rings (SSSR count). The summed E-state index contributed by atoms with van der Waals surface area (Å²) in [7, 11) is 2.00. The number of nitrogens with zero attached hydrogens (tertiary/aromatic N) is 2. The molecule has 2 aromatic rings. The molecule has 0 aliphatic heterocycles. The summed E-state index contributed by atoms with van der Waals surface area (Å²) < 4.78 is 1.95. The lowest BCUT2D eigenvalue weighted by Gasteiger charge is -2.16. The molecule has 0 saturated heterocycles.